The molecule has 0 saturated heterocycles. The molecule has 1 aromatic heterocycles. The summed E-state index contributed by atoms with van der Waals surface area (Å²) >= 11 is 3.23. The first-order valence-electron chi connectivity index (χ1n) is 3.94. The Balaban J connectivity index is 2.15. The van der Waals surface area contributed by atoms with Gasteiger partial charge in [-0.1, -0.05) is 12.8 Å². The summed E-state index contributed by atoms with van der Waals surface area (Å²) in [4.78, 5) is 4.24. The third-order valence-electron chi connectivity index (χ3n) is 2.22. The largest absolute Gasteiger partial charge is 0.262 e. The van der Waals surface area contributed by atoms with Crippen molar-refractivity contribution in [2.24, 2.45) is 0 Å². The van der Waals surface area contributed by atoms with Gasteiger partial charge in [-0.15, -0.1) is 5.10 Å². The second-order valence-corrected chi connectivity index (χ2v) is 3.68. The van der Waals surface area contributed by atoms with Crippen LogP contribution in [-0.2, 0) is 0 Å². The maximum absolute atomic E-state index is 4.24. The van der Waals surface area contributed by atoms with Gasteiger partial charge in [0.05, 0.1) is 0 Å². The van der Waals surface area contributed by atoms with Gasteiger partial charge in [-0.3, -0.25) is 5.10 Å². The molecule has 1 N–H and O–H groups in total. The summed E-state index contributed by atoms with van der Waals surface area (Å²) in [5.41, 5.74) is 0. The molecule has 11 heavy (non-hydrogen) atoms. The van der Waals surface area contributed by atoms with Gasteiger partial charge in [0, 0.05) is 5.92 Å². The van der Waals surface area contributed by atoms with Crippen molar-refractivity contribution in [3.05, 3.63) is 10.6 Å². The highest BCUT2D eigenvalue weighted by molar-refractivity contribution is 9.10. The third-order valence-corrected chi connectivity index (χ3v) is 2.57. The van der Waals surface area contributed by atoms with Crippen LogP contribution < -0.4 is 0 Å². The highest BCUT2D eigenvalue weighted by Crippen LogP contribution is 2.32. The first-order chi connectivity index (χ1) is 5.36. The Bertz CT molecular complexity index is 240. The normalized spacial score (nSPS) is 19.4. The predicted octanol–water partition coefficient (Wildman–Crippen LogP) is 2.22. The third kappa shape index (κ3) is 1.45. The summed E-state index contributed by atoms with van der Waals surface area (Å²) in [6.07, 6.45) is 5.20. The van der Waals surface area contributed by atoms with Crippen molar-refractivity contribution < 1.29 is 0 Å². The van der Waals surface area contributed by atoms with Crippen LogP contribution in [0.25, 0.3) is 0 Å². The fourth-order valence-corrected chi connectivity index (χ4v) is 1.91. The molecule has 0 radical (unpaired) electrons. The van der Waals surface area contributed by atoms with Crippen LogP contribution in [-0.4, -0.2) is 15.2 Å². The maximum Gasteiger partial charge on any atom is 0.217 e. The number of nitrogens with zero attached hydrogens (tertiary/aromatic N) is 2. The van der Waals surface area contributed by atoms with Gasteiger partial charge in [-0.25, -0.2) is 4.98 Å². The molecule has 1 saturated carbocycles. The van der Waals surface area contributed by atoms with E-state index >= 15 is 0 Å². The summed E-state index contributed by atoms with van der Waals surface area (Å²) in [7, 11) is 0. The molecule has 1 aromatic rings. The van der Waals surface area contributed by atoms with E-state index in [1.165, 1.54) is 25.7 Å². The Morgan fingerprint density at radius 3 is 2.64 bits per heavy atom. The lowest BCUT2D eigenvalue weighted by atomic mass is 10.1. The van der Waals surface area contributed by atoms with Gasteiger partial charge in [0.2, 0.25) is 4.73 Å². The fourth-order valence-electron chi connectivity index (χ4n) is 1.63. The second kappa shape index (κ2) is 2.93. The monoisotopic (exact) mass is 215 g/mol. The van der Waals surface area contributed by atoms with E-state index in [1.54, 1.807) is 0 Å². The number of hydrogen-bond donors (Lipinski definition) is 1. The molecule has 4 heteroatoms. The molecule has 0 amide bonds. The zero-order valence-corrected chi connectivity index (χ0v) is 7.76. The molecule has 1 heterocycles. The van der Waals surface area contributed by atoms with Crippen LogP contribution in [0, 0.1) is 0 Å². The minimum Gasteiger partial charge on any atom is -0.262 e. The number of halogens is 1. The smallest absolute Gasteiger partial charge is 0.217 e. The Labute approximate surface area is 73.7 Å². The number of aromatic amines is 1. The molecule has 1 fully saturated rings. The maximum atomic E-state index is 4.24. The molecule has 0 spiro atoms. The molecular weight excluding hydrogens is 206 g/mol. The average molecular weight is 216 g/mol. The van der Waals surface area contributed by atoms with Crippen LogP contribution in [0.3, 0.4) is 0 Å². The average Bonchev–Trinajstić information content (AvgIpc) is 2.55. The van der Waals surface area contributed by atoms with Crippen molar-refractivity contribution >= 4 is 15.9 Å². The molecule has 1 aliphatic carbocycles. The number of H-pyrrole nitrogens is 1. The van der Waals surface area contributed by atoms with E-state index in [0.717, 1.165) is 5.82 Å². The van der Waals surface area contributed by atoms with Gasteiger partial charge in [-0.05, 0) is 28.8 Å². The van der Waals surface area contributed by atoms with E-state index < -0.39 is 0 Å². The molecule has 0 aliphatic heterocycles. The topological polar surface area (TPSA) is 41.6 Å². The molecule has 2 rings (SSSR count). The molecule has 3 nitrogen and oxygen atoms in total. The van der Waals surface area contributed by atoms with Crippen LogP contribution in [0.15, 0.2) is 4.73 Å². The van der Waals surface area contributed by atoms with Crippen molar-refractivity contribution in [3.8, 4) is 0 Å². The lowest BCUT2D eigenvalue weighted by Gasteiger charge is -2.01. The predicted molar refractivity (Wildman–Crippen MR) is 45.3 cm³/mol. The minimum atomic E-state index is 0.633. The first-order valence-corrected chi connectivity index (χ1v) is 4.73. The van der Waals surface area contributed by atoms with E-state index in [0.29, 0.717) is 10.7 Å². The second-order valence-electron chi connectivity index (χ2n) is 2.97. The van der Waals surface area contributed by atoms with Crippen LogP contribution in [0.2, 0.25) is 0 Å². The van der Waals surface area contributed by atoms with Crippen molar-refractivity contribution in [2.75, 3.05) is 0 Å². The Hall–Kier alpha value is -0.380. The summed E-state index contributed by atoms with van der Waals surface area (Å²) in [6.45, 7) is 0. The standard InChI is InChI=1S/C7H10BrN3/c8-7-9-6(10-11-7)5-3-1-2-4-5/h5H,1-4H2,(H,9,10,11). The quantitative estimate of drug-likeness (QED) is 0.781. The lowest BCUT2D eigenvalue weighted by Crippen LogP contribution is -1.94. The highest BCUT2D eigenvalue weighted by atomic mass is 79.9. The van der Waals surface area contributed by atoms with E-state index in [4.69, 9.17) is 0 Å². The zero-order valence-electron chi connectivity index (χ0n) is 6.18. The molecular formula is C7H10BrN3. The summed E-state index contributed by atoms with van der Waals surface area (Å²) in [5.74, 6) is 1.68. The minimum absolute atomic E-state index is 0.633. The number of aromatic nitrogens is 3. The molecule has 0 bridgehead atoms. The van der Waals surface area contributed by atoms with Crippen molar-refractivity contribution in [3.63, 3.8) is 0 Å². The van der Waals surface area contributed by atoms with Gasteiger partial charge >= 0.3 is 0 Å². The van der Waals surface area contributed by atoms with Crippen molar-refractivity contribution in [2.45, 2.75) is 31.6 Å². The molecule has 0 aromatic carbocycles. The Kier molecular flexibility index (Phi) is 1.94. The first kappa shape index (κ1) is 7.28. The van der Waals surface area contributed by atoms with Gasteiger partial charge in [0.25, 0.3) is 0 Å². The number of hydrogen-bond acceptors (Lipinski definition) is 2. The van der Waals surface area contributed by atoms with Crippen molar-refractivity contribution in [1.82, 2.24) is 15.2 Å². The van der Waals surface area contributed by atoms with Gasteiger partial charge < -0.3 is 0 Å². The van der Waals surface area contributed by atoms with Crippen LogP contribution >= 0.6 is 15.9 Å². The SMILES string of the molecule is Brc1n[nH]c(C2CCCC2)n1. The van der Waals surface area contributed by atoms with Crippen LogP contribution in [0.5, 0.6) is 0 Å². The van der Waals surface area contributed by atoms with Crippen LogP contribution in [0.1, 0.15) is 37.4 Å². The van der Waals surface area contributed by atoms with Gasteiger partial charge in [0.15, 0.2) is 0 Å². The summed E-state index contributed by atoms with van der Waals surface area (Å²) < 4.78 is 0.680. The highest BCUT2D eigenvalue weighted by Gasteiger charge is 2.19. The summed E-state index contributed by atoms with van der Waals surface area (Å²) in [5, 5.41) is 6.88. The van der Waals surface area contributed by atoms with E-state index in [2.05, 4.69) is 31.1 Å². The Morgan fingerprint density at radius 1 is 1.36 bits per heavy atom. The van der Waals surface area contributed by atoms with Crippen molar-refractivity contribution in [1.29, 1.82) is 0 Å². The van der Waals surface area contributed by atoms with E-state index in [9.17, 15) is 0 Å². The van der Waals surface area contributed by atoms with Crippen LogP contribution in [0.4, 0.5) is 0 Å². The Morgan fingerprint density at radius 2 is 2.09 bits per heavy atom. The van der Waals surface area contributed by atoms with Gasteiger partial charge in [0.1, 0.15) is 5.82 Å². The van der Waals surface area contributed by atoms with E-state index in [1.807, 2.05) is 0 Å². The molecule has 60 valence electrons. The number of nitrogens with one attached hydrogen (secondary N) is 1. The summed E-state index contributed by atoms with van der Waals surface area (Å²) in [6, 6.07) is 0. The number of rotatable bonds is 1. The zero-order chi connectivity index (χ0) is 7.68. The lowest BCUT2D eigenvalue weighted by molar-refractivity contribution is 0.671. The molecule has 0 unspecified atom stereocenters. The fraction of sp³-hybridized carbons (Fsp3) is 0.714. The molecule has 1 aliphatic rings. The van der Waals surface area contributed by atoms with E-state index in [-0.39, 0.29) is 0 Å². The molecule has 0 atom stereocenters. The van der Waals surface area contributed by atoms with Gasteiger partial charge in [-0.2, -0.15) is 0 Å².